The lowest BCUT2D eigenvalue weighted by Crippen LogP contribution is -2.27. The molecule has 1 aromatic heterocycles. The van der Waals surface area contributed by atoms with Gasteiger partial charge in [0.15, 0.2) is 5.76 Å². The number of aryl methyl sites for hydroxylation is 2. The maximum Gasteiger partial charge on any atom is 0.245 e. The third kappa shape index (κ3) is 4.03. The largest absolute Gasteiger partial charge is 0.360 e. The standard InChI is InChI=1S/C20H22N2O3S/c1-15-20(16(2)25-22-15)26(23,24)21-14-13-19(17-9-5-3-6-10-17)18-11-7-4-8-12-18/h3-12,19,21H,13-14H2,1-2H3. The quantitative estimate of drug-likeness (QED) is 0.687. The first-order chi connectivity index (χ1) is 12.5. The monoisotopic (exact) mass is 370 g/mol. The minimum Gasteiger partial charge on any atom is -0.360 e. The molecule has 6 heteroatoms. The molecule has 0 fully saturated rings. The molecule has 136 valence electrons. The normalized spacial score (nSPS) is 11.8. The number of hydrogen-bond acceptors (Lipinski definition) is 4. The van der Waals surface area contributed by atoms with Gasteiger partial charge in [-0.05, 0) is 31.4 Å². The van der Waals surface area contributed by atoms with Gasteiger partial charge in [-0.3, -0.25) is 0 Å². The second-order valence-electron chi connectivity index (χ2n) is 6.21. The van der Waals surface area contributed by atoms with Crippen LogP contribution in [0.3, 0.4) is 0 Å². The van der Waals surface area contributed by atoms with Gasteiger partial charge in [0.2, 0.25) is 10.0 Å². The molecule has 0 amide bonds. The summed E-state index contributed by atoms with van der Waals surface area (Å²) in [6, 6.07) is 20.2. The van der Waals surface area contributed by atoms with Crippen LogP contribution in [0.5, 0.6) is 0 Å². The first-order valence-electron chi connectivity index (χ1n) is 8.51. The Labute approximate surface area is 154 Å². The number of nitrogens with zero attached hydrogens (tertiary/aromatic N) is 1. The average molecular weight is 370 g/mol. The van der Waals surface area contributed by atoms with Crippen molar-refractivity contribution in [3.05, 3.63) is 83.2 Å². The van der Waals surface area contributed by atoms with Gasteiger partial charge in [-0.25, -0.2) is 13.1 Å². The van der Waals surface area contributed by atoms with E-state index in [1.165, 1.54) is 0 Å². The van der Waals surface area contributed by atoms with Gasteiger partial charge in [-0.1, -0.05) is 65.8 Å². The summed E-state index contributed by atoms with van der Waals surface area (Å²) in [6.45, 7) is 3.55. The fourth-order valence-corrected chi connectivity index (χ4v) is 4.54. The van der Waals surface area contributed by atoms with Crippen LogP contribution in [-0.2, 0) is 10.0 Å². The number of rotatable bonds is 7. The lowest BCUT2D eigenvalue weighted by molar-refractivity contribution is 0.390. The minimum atomic E-state index is -3.64. The first-order valence-corrected chi connectivity index (χ1v) is 10.00. The zero-order valence-electron chi connectivity index (χ0n) is 14.8. The van der Waals surface area contributed by atoms with Crippen molar-refractivity contribution in [2.45, 2.75) is 31.1 Å². The van der Waals surface area contributed by atoms with Gasteiger partial charge < -0.3 is 4.52 Å². The first kappa shape index (κ1) is 18.4. The fraction of sp³-hybridized carbons (Fsp3) is 0.250. The smallest absolute Gasteiger partial charge is 0.245 e. The highest BCUT2D eigenvalue weighted by Crippen LogP contribution is 2.27. The number of benzene rings is 2. The van der Waals surface area contributed by atoms with Crippen LogP contribution in [0.4, 0.5) is 0 Å². The highest BCUT2D eigenvalue weighted by atomic mass is 32.2. The third-order valence-corrected chi connectivity index (χ3v) is 6.07. The molecule has 0 aliphatic heterocycles. The van der Waals surface area contributed by atoms with E-state index in [9.17, 15) is 8.42 Å². The Morgan fingerprint density at radius 3 is 1.96 bits per heavy atom. The summed E-state index contributed by atoms with van der Waals surface area (Å²) in [5.41, 5.74) is 2.70. The van der Waals surface area contributed by atoms with Gasteiger partial charge in [-0.15, -0.1) is 0 Å². The second-order valence-corrected chi connectivity index (χ2v) is 7.92. The Balaban J connectivity index is 1.77. The molecule has 0 saturated carbocycles. The Morgan fingerprint density at radius 2 is 1.50 bits per heavy atom. The van der Waals surface area contributed by atoms with Crippen LogP contribution in [0, 0.1) is 13.8 Å². The van der Waals surface area contributed by atoms with Gasteiger partial charge >= 0.3 is 0 Å². The zero-order chi connectivity index (χ0) is 18.6. The summed E-state index contributed by atoms with van der Waals surface area (Å²) >= 11 is 0. The summed E-state index contributed by atoms with van der Waals surface area (Å²) in [4.78, 5) is 0.133. The van der Waals surface area contributed by atoms with Crippen LogP contribution in [0.15, 0.2) is 70.1 Å². The second kappa shape index (κ2) is 7.85. The van der Waals surface area contributed by atoms with E-state index in [4.69, 9.17) is 4.52 Å². The summed E-state index contributed by atoms with van der Waals surface area (Å²) < 4.78 is 32.8. The molecule has 0 atom stereocenters. The van der Waals surface area contributed by atoms with E-state index in [2.05, 4.69) is 34.1 Å². The molecule has 0 aliphatic rings. The molecule has 3 rings (SSSR count). The highest BCUT2D eigenvalue weighted by Gasteiger charge is 2.24. The van der Waals surface area contributed by atoms with Crippen LogP contribution >= 0.6 is 0 Å². The van der Waals surface area contributed by atoms with E-state index >= 15 is 0 Å². The minimum absolute atomic E-state index is 0.116. The molecule has 0 radical (unpaired) electrons. The Hall–Kier alpha value is -2.44. The Morgan fingerprint density at radius 1 is 0.962 bits per heavy atom. The predicted molar refractivity (Wildman–Crippen MR) is 101 cm³/mol. The van der Waals surface area contributed by atoms with Gasteiger partial charge in [0.05, 0.1) is 0 Å². The molecular weight excluding hydrogens is 348 g/mol. The van der Waals surface area contributed by atoms with Crippen molar-refractivity contribution in [1.29, 1.82) is 0 Å². The number of nitrogens with one attached hydrogen (secondary N) is 1. The van der Waals surface area contributed by atoms with E-state index < -0.39 is 10.0 Å². The number of hydrogen-bond donors (Lipinski definition) is 1. The summed E-state index contributed by atoms with van der Waals surface area (Å²) in [7, 11) is -3.64. The van der Waals surface area contributed by atoms with Crippen molar-refractivity contribution in [2.24, 2.45) is 0 Å². The van der Waals surface area contributed by atoms with Crippen LogP contribution in [0.1, 0.15) is 34.9 Å². The summed E-state index contributed by atoms with van der Waals surface area (Å²) in [5.74, 6) is 0.419. The number of aromatic nitrogens is 1. The van der Waals surface area contributed by atoms with Crippen molar-refractivity contribution < 1.29 is 12.9 Å². The van der Waals surface area contributed by atoms with Gasteiger partial charge in [-0.2, -0.15) is 0 Å². The van der Waals surface area contributed by atoms with E-state index in [0.29, 0.717) is 24.4 Å². The van der Waals surface area contributed by atoms with Crippen molar-refractivity contribution in [3.63, 3.8) is 0 Å². The molecule has 0 unspecified atom stereocenters. The molecule has 0 bridgehead atoms. The van der Waals surface area contributed by atoms with E-state index in [1.807, 2.05) is 36.4 Å². The molecule has 3 aromatic rings. The van der Waals surface area contributed by atoms with Crippen LogP contribution < -0.4 is 4.72 Å². The van der Waals surface area contributed by atoms with Crippen molar-refractivity contribution in [1.82, 2.24) is 9.88 Å². The van der Waals surface area contributed by atoms with Gasteiger partial charge in [0, 0.05) is 12.5 Å². The van der Waals surface area contributed by atoms with Crippen molar-refractivity contribution in [2.75, 3.05) is 6.54 Å². The molecule has 26 heavy (non-hydrogen) atoms. The van der Waals surface area contributed by atoms with E-state index in [1.54, 1.807) is 13.8 Å². The zero-order valence-corrected chi connectivity index (χ0v) is 15.7. The molecule has 1 N–H and O–H groups in total. The molecular formula is C20H22N2O3S. The highest BCUT2D eigenvalue weighted by molar-refractivity contribution is 7.89. The summed E-state index contributed by atoms with van der Waals surface area (Å²) in [5, 5.41) is 3.73. The third-order valence-electron chi connectivity index (χ3n) is 4.37. The lowest BCUT2D eigenvalue weighted by atomic mass is 9.89. The summed E-state index contributed by atoms with van der Waals surface area (Å²) in [6.07, 6.45) is 0.649. The molecule has 0 saturated heterocycles. The Kier molecular flexibility index (Phi) is 5.54. The average Bonchev–Trinajstić information content (AvgIpc) is 2.99. The topological polar surface area (TPSA) is 72.2 Å². The maximum atomic E-state index is 12.6. The van der Waals surface area contributed by atoms with E-state index in [0.717, 1.165) is 11.1 Å². The van der Waals surface area contributed by atoms with E-state index in [-0.39, 0.29) is 10.8 Å². The Bertz CT molecular complexity index is 892. The lowest BCUT2D eigenvalue weighted by Gasteiger charge is -2.18. The fourth-order valence-electron chi connectivity index (χ4n) is 3.16. The van der Waals surface area contributed by atoms with Crippen LogP contribution in [-0.4, -0.2) is 20.1 Å². The molecule has 2 aromatic carbocycles. The van der Waals surface area contributed by atoms with Gasteiger partial charge in [0.25, 0.3) is 0 Å². The van der Waals surface area contributed by atoms with Crippen molar-refractivity contribution in [3.8, 4) is 0 Å². The molecule has 0 spiro atoms. The molecule has 0 aliphatic carbocycles. The van der Waals surface area contributed by atoms with Crippen molar-refractivity contribution >= 4 is 10.0 Å². The van der Waals surface area contributed by atoms with Gasteiger partial charge in [0.1, 0.15) is 10.6 Å². The molecule has 1 heterocycles. The van der Waals surface area contributed by atoms with Crippen LogP contribution in [0.25, 0.3) is 0 Å². The number of sulfonamides is 1. The van der Waals surface area contributed by atoms with Crippen LogP contribution in [0.2, 0.25) is 0 Å². The predicted octanol–water partition coefficient (Wildman–Crippen LogP) is 3.79. The maximum absolute atomic E-state index is 12.6. The SMILES string of the molecule is Cc1noc(C)c1S(=O)(=O)NCCC(c1ccccc1)c1ccccc1. The molecule has 5 nitrogen and oxygen atoms in total.